The van der Waals surface area contributed by atoms with Crippen molar-refractivity contribution in [1.29, 1.82) is 0 Å². The summed E-state index contributed by atoms with van der Waals surface area (Å²) in [6, 6.07) is 1.03. The van der Waals surface area contributed by atoms with Crippen LogP contribution in [0.15, 0.2) is 6.07 Å². The number of alkyl halides is 3. The molecule has 136 valence electrons. The molecule has 0 unspecified atom stereocenters. The van der Waals surface area contributed by atoms with Crippen molar-refractivity contribution in [3.8, 4) is 0 Å². The zero-order valence-electron chi connectivity index (χ0n) is 14.1. The highest BCUT2D eigenvalue weighted by Gasteiger charge is 2.35. The number of aromatic amines is 1. The van der Waals surface area contributed by atoms with Gasteiger partial charge in [-0.3, -0.25) is 14.6 Å². The minimum absolute atomic E-state index is 0.0711. The number of fused-ring (bicyclic) bond motifs is 1. The van der Waals surface area contributed by atoms with E-state index in [-0.39, 0.29) is 24.9 Å². The van der Waals surface area contributed by atoms with E-state index in [1.54, 1.807) is 6.92 Å². The minimum Gasteiger partial charge on any atom is -0.350 e. The van der Waals surface area contributed by atoms with E-state index in [2.05, 4.69) is 20.6 Å². The highest BCUT2D eigenvalue weighted by molar-refractivity contribution is 5.94. The average Bonchev–Trinajstić information content (AvgIpc) is 3.19. The molecule has 2 N–H and O–H groups in total. The number of nitrogens with zero attached hydrogens (tertiary/aromatic N) is 3. The van der Waals surface area contributed by atoms with Crippen molar-refractivity contribution in [3.63, 3.8) is 0 Å². The number of nitrogens with one attached hydrogen (secondary N) is 2. The van der Waals surface area contributed by atoms with Gasteiger partial charge in [-0.2, -0.15) is 23.4 Å². The smallest absolute Gasteiger partial charge is 0.350 e. The van der Waals surface area contributed by atoms with Crippen LogP contribution in [-0.4, -0.2) is 32.4 Å². The largest absolute Gasteiger partial charge is 0.433 e. The van der Waals surface area contributed by atoms with E-state index in [4.69, 9.17) is 0 Å². The summed E-state index contributed by atoms with van der Waals surface area (Å²) in [5.41, 5.74) is 1.89. The van der Waals surface area contributed by atoms with E-state index in [1.807, 2.05) is 0 Å². The molecular weight excluding hydrogens is 335 g/mol. The van der Waals surface area contributed by atoms with E-state index in [0.717, 1.165) is 41.3 Å². The first-order chi connectivity index (χ1) is 11.8. The number of amides is 1. The lowest BCUT2D eigenvalue weighted by Crippen LogP contribution is -2.31. The van der Waals surface area contributed by atoms with Gasteiger partial charge in [0.1, 0.15) is 5.69 Å². The number of rotatable bonds is 5. The maximum Gasteiger partial charge on any atom is 0.433 e. The molecule has 0 bridgehead atoms. The summed E-state index contributed by atoms with van der Waals surface area (Å²) in [6.07, 6.45) is -1.73. The molecule has 1 aliphatic carbocycles. The zero-order valence-corrected chi connectivity index (χ0v) is 14.1. The van der Waals surface area contributed by atoms with Crippen LogP contribution >= 0.6 is 0 Å². The summed E-state index contributed by atoms with van der Waals surface area (Å²) >= 11 is 0. The third-order valence-electron chi connectivity index (χ3n) is 4.31. The van der Waals surface area contributed by atoms with Gasteiger partial charge in [0.2, 0.25) is 0 Å². The molecular formula is C16H20F3N5O. The molecule has 0 radical (unpaired) electrons. The van der Waals surface area contributed by atoms with Gasteiger partial charge < -0.3 is 5.32 Å². The fourth-order valence-corrected chi connectivity index (χ4v) is 3.13. The Balaban J connectivity index is 1.60. The van der Waals surface area contributed by atoms with Gasteiger partial charge in [-0.05, 0) is 38.2 Å². The third-order valence-corrected chi connectivity index (χ3v) is 4.31. The Morgan fingerprint density at radius 1 is 1.44 bits per heavy atom. The Bertz CT molecular complexity index is 777. The molecule has 0 saturated heterocycles. The highest BCUT2D eigenvalue weighted by Crippen LogP contribution is 2.30. The molecule has 2 aromatic heterocycles. The molecule has 1 atom stereocenters. The van der Waals surface area contributed by atoms with E-state index < -0.39 is 11.9 Å². The number of halogens is 3. The molecule has 2 aromatic rings. The van der Waals surface area contributed by atoms with Crippen molar-refractivity contribution in [2.45, 2.75) is 45.8 Å². The maximum absolute atomic E-state index is 13.0. The summed E-state index contributed by atoms with van der Waals surface area (Å²) in [5, 5.41) is 13.6. The quantitative estimate of drug-likeness (QED) is 0.865. The fraction of sp³-hybridized carbons (Fsp3) is 0.562. The van der Waals surface area contributed by atoms with Crippen LogP contribution in [0, 0.1) is 12.8 Å². The van der Waals surface area contributed by atoms with Crippen molar-refractivity contribution >= 4 is 5.91 Å². The van der Waals surface area contributed by atoms with Crippen molar-refractivity contribution in [3.05, 3.63) is 34.4 Å². The van der Waals surface area contributed by atoms with Gasteiger partial charge in [0.15, 0.2) is 5.69 Å². The van der Waals surface area contributed by atoms with E-state index in [1.165, 1.54) is 6.92 Å². The van der Waals surface area contributed by atoms with Gasteiger partial charge in [0.05, 0.1) is 5.69 Å². The monoisotopic (exact) mass is 355 g/mol. The van der Waals surface area contributed by atoms with Gasteiger partial charge in [0, 0.05) is 24.3 Å². The van der Waals surface area contributed by atoms with Gasteiger partial charge in [0.25, 0.3) is 5.91 Å². The Labute approximate surface area is 142 Å². The molecule has 3 rings (SSSR count). The summed E-state index contributed by atoms with van der Waals surface area (Å²) in [5.74, 6) is -0.504. The first-order valence-electron chi connectivity index (χ1n) is 8.21. The molecule has 2 heterocycles. The van der Waals surface area contributed by atoms with E-state index >= 15 is 0 Å². The first kappa shape index (κ1) is 17.5. The number of hydrogen-bond acceptors (Lipinski definition) is 3. The third kappa shape index (κ3) is 3.69. The number of aromatic nitrogens is 4. The molecule has 0 aliphatic heterocycles. The molecule has 6 nitrogen and oxygen atoms in total. The second-order valence-electron chi connectivity index (χ2n) is 6.55. The lowest BCUT2D eigenvalue weighted by Gasteiger charge is -2.15. The van der Waals surface area contributed by atoms with Crippen LogP contribution < -0.4 is 5.32 Å². The SMILES string of the molecule is Cc1cc(C(F)(F)F)n(C[C@@H](C)CNC(=O)c2n[nH]c3c2CCC3)n1. The highest BCUT2D eigenvalue weighted by atomic mass is 19.4. The molecule has 1 amide bonds. The predicted molar refractivity (Wildman–Crippen MR) is 84.1 cm³/mol. The summed E-state index contributed by atoms with van der Waals surface area (Å²) in [4.78, 5) is 12.3. The molecule has 0 saturated carbocycles. The Morgan fingerprint density at radius 3 is 2.92 bits per heavy atom. The van der Waals surface area contributed by atoms with Gasteiger partial charge >= 0.3 is 6.18 Å². The summed E-state index contributed by atoms with van der Waals surface area (Å²) in [6.45, 7) is 3.61. The summed E-state index contributed by atoms with van der Waals surface area (Å²) < 4.78 is 39.9. The molecule has 25 heavy (non-hydrogen) atoms. The van der Waals surface area contributed by atoms with Crippen LogP contribution in [-0.2, 0) is 25.6 Å². The van der Waals surface area contributed by atoms with Gasteiger partial charge in [-0.25, -0.2) is 0 Å². The topological polar surface area (TPSA) is 75.6 Å². The van der Waals surface area contributed by atoms with Crippen LogP contribution in [0.2, 0.25) is 0 Å². The standard InChI is InChI=1S/C16H20F3N5O/c1-9(8-24-13(16(17,18)19)6-10(2)23-24)7-20-15(25)14-11-4-3-5-12(11)21-22-14/h6,9H,3-5,7-8H2,1-2H3,(H,20,25)(H,21,22)/t9-/m0/s1. The van der Waals surface area contributed by atoms with E-state index in [0.29, 0.717) is 11.4 Å². The number of carbonyl (C=O) groups is 1. The molecule has 0 spiro atoms. The average molecular weight is 355 g/mol. The lowest BCUT2D eigenvalue weighted by atomic mass is 10.1. The van der Waals surface area contributed by atoms with Crippen LogP contribution in [0.5, 0.6) is 0 Å². The summed E-state index contributed by atoms with van der Waals surface area (Å²) in [7, 11) is 0. The van der Waals surface area contributed by atoms with Gasteiger partial charge in [-0.15, -0.1) is 0 Å². The number of aryl methyl sites for hydroxylation is 2. The van der Waals surface area contributed by atoms with Crippen molar-refractivity contribution in [2.75, 3.05) is 6.54 Å². The van der Waals surface area contributed by atoms with Crippen LogP contribution in [0.25, 0.3) is 0 Å². The Kier molecular flexibility index (Phi) is 4.57. The molecule has 1 aliphatic rings. The first-order valence-corrected chi connectivity index (χ1v) is 8.21. The molecule has 9 heteroatoms. The zero-order chi connectivity index (χ0) is 18.2. The van der Waals surface area contributed by atoms with Crippen molar-refractivity contribution < 1.29 is 18.0 Å². The molecule has 0 fully saturated rings. The maximum atomic E-state index is 13.0. The van der Waals surface area contributed by atoms with Crippen LogP contribution in [0.3, 0.4) is 0 Å². The van der Waals surface area contributed by atoms with E-state index in [9.17, 15) is 18.0 Å². The van der Waals surface area contributed by atoms with Gasteiger partial charge in [-0.1, -0.05) is 6.92 Å². The Morgan fingerprint density at radius 2 is 2.20 bits per heavy atom. The second-order valence-corrected chi connectivity index (χ2v) is 6.55. The van der Waals surface area contributed by atoms with Crippen LogP contribution in [0.1, 0.15) is 46.5 Å². The van der Waals surface area contributed by atoms with Crippen LogP contribution in [0.4, 0.5) is 13.2 Å². The molecule has 0 aromatic carbocycles. The fourth-order valence-electron chi connectivity index (χ4n) is 3.13. The number of carbonyl (C=O) groups excluding carboxylic acids is 1. The Hall–Kier alpha value is -2.32. The van der Waals surface area contributed by atoms with Crippen molar-refractivity contribution in [1.82, 2.24) is 25.3 Å². The number of H-pyrrole nitrogens is 1. The van der Waals surface area contributed by atoms with Crippen molar-refractivity contribution in [2.24, 2.45) is 5.92 Å². The normalized spacial score (nSPS) is 15.2. The number of hydrogen-bond donors (Lipinski definition) is 2. The lowest BCUT2D eigenvalue weighted by molar-refractivity contribution is -0.144. The predicted octanol–water partition coefficient (Wildman–Crippen LogP) is 2.49. The minimum atomic E-state index is -4.44. The second kappa shape index (κ2) is 6.53.